The molecule has 1 unspecified atom stereocenters. The lowest BCUT2D eigenvalue weighted by atomic mass is 10.1. The minimum Gasteiger partial charge on any atom is -0.310 e. The fraction of sp³-hybridized carbons (Fsp3) is 1.00. The second kappa shape index (κ2) is 4.19. The van der Waals surface area contributed by atoms with E-state index in [1.165, 1.54) is 63.0 Å². The summed E-state index contributed by atoms with van der Waals surface area (Å²) >= 11 is 0. The van der Waals surface area contributed by atoms with E-state index in [1.807, 2.05) is 0 Å². The molecule has 0 aromatic heterocycles. The number of nitrogens with zero attached hydrogens (tertiary/aromatic N) is 2. The van der Waals surface area contributed by atoms with Crippen LogP contribution in [0.2, 0.25) is 0 Å². The molecule has 82 valence electrons. The molecule has 0 radical (unpaired) electrons. The highest BCUT2D eigenvalue weighted by molar-refractivity contribution is 4.76. The molecule has 0 aliphatic carbocycles. The molecule has 2 aliphatic heterocycles. The van der Waals surface area contributed by atoms with Crippen molar-refractivity contribution in [3.63, 3.8) is 0 Å². The second-order valence-electron chi connectivity index (χ2n) is 5.17. The smallest absolute Gasteiger partial charge is 0.135 e. The van der Waals surface area contributed by atoms with Crippen molar-refractivity contribution in [2.24, 2.45) is 0 Å². The Labute approximate surface area is 88.5 Å². The summed E-state index contributed by atoms with van der Waals surface area (Å²) in [5.74, 6) is 0. The molecule has 2 aliphatic rings. The van der Waals surface area contributed by atoms with Crippen LogP contribution in [-0.4, -0.2) is 48.3 Å². The minimum absolute atomic E-state index is 0.892. The van der Waals surface area contributed by atoms with Crippen LogP contribution in [0.15, 0.2) is 0 Å². The molecule has 14 heavy (non-hydrogen) atoms. The van der Waals surface area contributed by atoms with Crippen molar-refractivity contribution < 1.29 is 4.48 Å². The maximum absolute atomic E-state index is 2.72. The molecule has 2 heterocycles. The molecule has 2 saturated heterocycles. The zero-order valence-electron chi connectivity index (χ0n) is 9.84. The fourth-order valence-electron chi connectivity index (χ4n) is 3.42. The largest absolute Gasteiger partial charge is 0.310 e. The van der Waals surface area contributed by atoms with Gasteiger partial charge in [-0.1, -0.05) is 20.3 Å². The molecule has 0 aromatic rings. The Morgan fingerprint density at radius 3 is 2.50 bits per heavy atom. The Morgan fingerprint density at radius 1 is 1.21 bits per heavy atom. The Balaban J connectivity index is 1.99. The molecule has 2 heteroatoms. The third kappa shape index (κ3) is 1.82. The van der Waals surface area contributed by atoms with Gasteiger partial charge in [0.1, 0.15) is 6.67 Å². The van der Waals surface area contributed by atoms with Crippen LogP contribution in [0.4, 0.5) is 0 Å². The Morgan fingerprint density at radius 2 is 1.93 bits per heavy atom. The Bertz CT molecular complexity index is 185. The van der Waals surface area contributed by atoms with Gasteiger partial charge in [0.2, 0.25) is 0 Å². The van der Waals surface area contributed by atoms with Gasteiger partial charge in [0.25, 0.3) is 0 Å². The van der Waals surface area contributed by atoms with Gasteiger partial charge < -0.3 is 4.48 Å². The highest BCUT2D eigenvalue weighted by Gasteiger charge is 2.43. The standard InChI is InChI=1S/C12H25N2/c1-3-7-12-10-14(8-5-6-9-14)11-13(12)4-2/h12H,3-11H2,1-2H3/q+1. The van der Waals surface area contributed by atoms with Gasteiger partial charge in [-0.2, -0.15) is 0 Å². The van der Waals surface area contributed by atoms with Crippen LogP contribution in [0.1, 0.15) is 39.5 Å². The van der Waals surface area contributed by atoms with Crippen molar-refractivity contribution in [2.75, 3.05) is 32.8 Å². The number of likely N-dealkylation sites (N-methyl/N-ethyl adjacent to an activating group) is 1. The first-order chi connectivity index (χ1) is 6.79. The minimum atomic E-state index is 0.892. The van der Waals surface area contributed by atoms with Gasteiger partial charge >= 0.3 is 0 Å². The highest BCUT2D eigenvalue weighted by Crippen LogP contribution is 2.29. The summed E-state index contributed by atoms with van der Waals surface area (Å²) in [6, 6.07) is 0.892. The summed E-state index contributed by atoms with van der Waals surface area (Å²) in [7, 11) is 0. The third-order valence-corrected chi connectivity index (χ3v) is 4.14. The van der Waals surface area contributed by atoms with Gasteiger partial charge in [0, 0.05) is 19.4 Å². The summed E-state index contributed by atoms with van der Waals surface area (Å²) in [6.45, 7) is 11.6. The van der Waals surface area contributed by atoms with Crippen LogP contribution >= 0.6 is 0 Å². The first kappa shape index (κ1) is 10.4. The average molecular weight is 197 g/mol. The molecular weight excluding hydrogens is 172 g/mol. The van der Waals surface area contributed by atoms with Crippen LogP contribution in [0, 0.1) is 0 Å². The molecule has 0 N–H and O–H groups in total. The highest BCUT2D eigenvalue weighted by atomic mass is 15.5. The normalized spacial score (nSPS) is 31.7. The zero-order chi connectivity index (χ0) is 10.0. The fourth-order valence-corrected chi connectivity index (χ4v) is 3.42. The summed E-state index contributed by atoms with van der Waals surface area (Å²) in [6.07, 6.45) is 5.70. The topological polar surface area (TPSA) is 3.24 Å². The van der Waals surface area contributed by atoms with Crippen molar-refractivity contribution in [1.82, 2.24) is 4.90 Å². The lowest BCUT2D eigenvalue weighted by Crippen LogP contribution is -2.44. The lowest BCUT2D eigenvalue weighted by Gasteiger charge is -2.28. The number of rotatable bonds is 3. The molecule has 2 nitrogen and oxygen atoms in total. The predicted molar refractivity (Wildman–Crippen MR) is 60.0 cm³/mol. The van der Waals surface area contributed by atoms with E-state index in [-0.39, 0.29) is 0 Å². The van der Waals surface area contributed by atoms with Gasteiger partial charge in [0.05, 0.1) is 25.7 Å². The SMILES string of the molecule is CCCC1C[N+]2(CCCC2)CN1CC. The molecule has 0 saturated carbocycles. The maximum Gasteiger partial charge on any atom is 0.135 e. The summed E-state index contributed by atoms with van der Waals surface area (Å²) < 4.78 is 1.43. The van der Waals surface area contributed by atoms with E-state index in [4.69, 9.17) is 0 Å². The second-order valence-corrected chi connectivity index (χ2v) is 5.17. The van der Waals surface area contributed by atoms with Gasteiger partial charge in [-0.15, -0.1) is 0 Å². The summed E-state index contributed by atoms with van der Waals surface area (Å²) in [4.78, 5) is 2.72. The Kier molecular flexibility index (Phi) is 3.13. The van der Waals surface area contributed by atoms with E-state index in [0.29, 0.717) is 0 Å². The Hall–Kier alpha value is -0.0800. The first-order valence-corrected chi connectivity index (χ1v) is 6.39. The molecule has 2 rings (SSSR count). The van der Waals surface area contributed by atoms with Crippen LogP contribution in [-0.2, 0) is 0 Å². The maximum atomic E-state index is 2.72. The molecule has 0 amide bonds. The van der Waals surface area contributed by atoms with Crippen LogP contribution in [0.5, 0.6) is 0 Å². The van der Waals surface area contributed by atoms with E-state index < -0.39 is 0 Å². The van der Waals surface area contributed by atoms with E-state index in [0.717, 1.165) is 6.04 Å². The van der Waals surface area contributed by atoms with Crippen molar-refractivity contribution in [2.45, 2.75) is 45.6 Å². The van der Waals surface area contributed by atoms with Crippen LogP contribution in [0.25, 0.3) is 0 Å². The van der Waals surface area contributed by atoms with Crippen molar-refractivity contribution in [1.29, 1.82) is 0 Å². The van der Waals surface area contributed by atoms with Crippen molar-refractivity contribution in [3.05, 3.63) is 0 Å². The van der Waals surface area contributed by atoms with E-state index >= 15 is 0 Å². The van der Waals surface area contributed by atoms with Crippen LogP contribution in [0.3, 0.4) is 0 Å². The van der Waals surface area contributed by atoms with Crippen molar-refractivity contribution in [3.8, 4) is 0 Å². The van der Waals surface area contributed by atoms with Gasteiger partial charge in [0.15, 0.2) is 0 Å². The first-order valence-electron chi connectivity index (χ1n) is 6.39. The molecule has 0 bridgehead atoms. The molecule has 1 atom stereocenters. The summed E-state index contributed by atoms with van der Waals surface area (Å²) in [5.41, 5.74) is 0. The van der Waals surface area contributed by atoms with E-state index in [2.05, 4.69) is 18.7 Å². The summed E-state index contributed by atoms with van der Waals surface area (Å²) in [5, 5.41) is 0. The number of hydrogen-bond acceptors (Lipinski definition) is 1. The third-order valence-electron chi connectivity index (χ3n) is 4.14. The monoisotopic (exact) mass is 197 g/mol. The number of hydrogen-bond donors (Lipinski definition) is 0. The van der Waals surface area contributed by atoms with E-state index in [9.17, 15) is 0 Å². The lowest BCUT2D eigenvalue weighted by molar-refractivity contribution is -0.909. The predicted octanol–water partition coefficient (Wildman–Crippen LogP) is 2.06. The molecule has 2 fully saturated rings. The van der Waals surface area contributed by atoms with Gasteiger partial charge in [-0.25, -0.2) is 4.90 Å². The van der Waals surface area contributed by atoms with Gasteiger partial charge in [-0.05, 0) is 6.42 Å². The molecule has 0 aromatic carbocycles. The van der Waals surface area contributed by atoms with Gasteiger partial charge in [-0.3, -0.25) is 0 Å². The quantitative estimate of drug-likeness (QED) is 0.626. The van der Waals surface area contributed by atoms with Crippen LogP contribution < -0.4 is 0 Å². The average Bonchev–Trinajstić information content (AvgIpc) is 2.76. The molecular formula is C12H25N2+. The zero-order valence-corrected chi connectivity index (χ0v) is 9.84. The van der Waals surface area contributed by atoms with E-state index in [1.54, 1.807) is 0 Å². The number of quaternary nitrogens is 1. The molecule has 1 spiro atoms. The van der Waals surface area contributed by atoms with Crippen molar-refractivity contribution >= 4 is 0 Å².